The van der Waals surface area contributed by atoms with Crippen LogP contribution >= 0.6 is 11.6 Å². The van der Waals surface area contributed by atoms with E-state index < -0.39 is 5.72 Å². The third-order valence-electron chi connectivity index (χ3n) is 6.38. The molecule has 7 heteroatoms. The van der Waals surface area contributed by atoms with Gasteiger partial charge in [0.1, 0.15) is 0 Å². The van der Waals surface area contributed by atoms with Crippen LogP contribution in [0.3, 0.4) is 0 Å². The number of hydrogen-bond donors (Lipinski definition) is 0. The molecule has 30 heavy (non-hydrogen) atoms. The number of likely N-dealkylation sites (tertiary alicyclic amines) is 1. The fraction of sp³-hybridized carbons (Fsp3) is 0.391. The average molecular weight is 426 g/mol. The Balaban J connectivity index is 1.57. The molecule has 2 aromatic rings. The van der Waals surface area contributed by atoms with Gasteiger partial charge >= 0.3 is 0 Å². The number of para-hydroxylation sites is 1. The van der Waals surface area contributed by atoms with Gasteiger partial charge in [-0.2, -0.15) is 5.10 Å². The largest absolute Gasteiger partial charge is 0.493 e. The van der Waals surface area contributed by atoms with Gasteiger partial charge < -0.3 is 14.4 Å². The number of carbonyl (C=O) groups excluding carboxylic acids is 1. The number of hydrazone groups is 1. The van der Waals surface area contributed by atoms with Crippen molar-refractivity contribution in [1.82, 2.24) is 9.91 Å². The van der Waals surface area contributed by atoms with Crippen LogP contribution in [-0.4, -0.2) is 47.5 Å². The summed E-state index contributed by atoms with van der Waals surface area (Å²) in [4.78, 5) is 13.8. The minimum absolute atomic E-state index is 0.0680. The number of methoxy groups -OCH3 is 1. The van der Waals surface area contributed by atoms with Crippen LogP contribution in [-0.2, 0) is 4.79 Å². The maximum Gasteiger partial charge on any atom is 0.219 e. The normalized spacial score (nSPS) is 21.6. The molecule has 6 nitrogen and oxygen atoms in total. The van der Waals surface area contributed by atoms with E-state index in [1.54, 1.807) is 14.0 Å². The summed E-state index contributed by atoms with van der Waals surface area (Å²) in [6, 6.07) is 13.9. The Bertz CT molecular complexity index is 1010. The monoisotopic (exact) mass is 425 g/mol. The molecule has 156 valence electrons. The summed E-state index contributed by atoms with van der Waals surface area (Å²) in [6.45, 7) is 2.91. The Morgan fingerprint density at radius 3 is 2.60 bits per heavy atom. The van der Waals surface area contributed by atoms with Crippen LogP contribution in [0.5, 0.6) is 11.5 Å². The highest BCUT2D eigenvalue weighted by molar-refractivity contribution is 6.30. The Morgan fingerprint density at radius 2 is 1.93 bits per heavy atom. The van der Waals surface area contributed by atoms with Gasteiger partial charge in [-0.05, 0) is 23.8 Å². The molecule has 0 aromatic heterocycles. The van der Waals surface area contributed by atoms with E-state index in [1.807, 2.05) is 41.3 Å². The molecule has 0 saturated carbocycles. The van der Waals surface area contributed by atoms with Crippen molar-refractivity contribution in [2.24, 2.45) is 5.10 Å². The fourth-order valence-corrected chi connectivity index (χ4v) is 4.87. The van der Waals surface area contributed by atoms with Crippen LogP contribution in [0.1, 0.15) is 43.4 Å². The highest BCUT2D eigenvalue weighted by Gasteiger charge is 2.52. The van der Waals surface area contributed by atoms with Gasteiger partial charge in [0.2, 0.25) is 11.6 Å². The van der Waals surface area contributed by atoms with E-state index in [0.29, 0.717) is 31.0 Å². The molecule has 2 aromatic carbocycles. The van der Waals surface area contributed by atoms with Gasteiger partial charge in [-0.15, -0.1) is 0 Å². The summed E-state index contributed by atoms with van der Waals surface area (Å²) < 4.78 is 12.3. The number of fused-ring (bicyclic) bond motifs is 4. The van der Waals surface area contributed by atoms with Gasteiger partial charge in [0, 0.05) is 49.9 Å². The molecule has 3 heterocycles. The number of amides is 1. The van der Waals surface area contributed by atoms with Gasteiger partial charge in [-0.25, -0.2) is 5.01 Å². The Kier molecular flexibility index (Phi) is 4.62. The first-order valence-corrected chi connectivity index (χ1v) is 10.6. The third kappa shape index (κ3) is 3.01. The van der Waals surface area contributed by atoms with Gasteiger partial charge in [0.15, 0.2) is 11.5 Å². The minimum atomic E-state index is -0.591. The Morgan fingerprint density at radius 1 is 1.20 bits per heavy atom. The van der Waals surface area contributed by atoms with Gasteiger partial charge in [0.05, 0.1) is 18.9 Å². The van der Waals surface area contributed by atoms with Crippen LogP contribution in [0, 0.1) is 0 Å². The van der Waals surface area contributed by atoms with Crippen molar-refractivity contribution in [2.75, 3.05) is 20.2 Å². The summed E-state index contributed by atoms with van der Waals surface area (Å²) >= 11 is 6.08. The number of hydrogen-bond acceptors (Lipinski definition) is 5. The number of ether oxygens (including phenoxy) is 2. The molecule has 0 unspecified atom stereocenters. The lowest BCUT2D eigenvalue weighted by Gasteiger charge is -2.51. The van der Waals surface area contributed by atoms with Gasteiger partial charge in [-0.3, -0.25) is 4.79 Å². The summed E-state index contributed by atoms with van der Waals surface area (Å²) in [5.41, 5.74) is 2.58. The SMILES string of the molecule is COc1cccc2c1OC1(CCN(C(C)=O)CC1)N1N=C(c3ccc(Cl)cc3)C[C@@H]21. The first kappa shape index (κ1) is 19.2. The molecule has 1 amide bonds. The Labute approximate surface area is 181 Å². The summed E-state index contributed by atoms with van der Waals surface area (Å²) in [5.74, 6) is 1.63. The van der Waals surface area contributed by atoms with E-state index >= 15 is 0 Å². The number of halogens is 1. The first-order chi connectivity index (χ1) is 14.5. The van der Waals surface area contributed by atoms with Crippen molar-refractivity contribution in [1.29, 1.82) is 0 Å². The summed E-state index contributed by atoms with van der Waals surface area (Å²) in [5, 5.41) is 7.89. The van der Waals surface area contributed by atoms with Crippen LogP contribution < -0.4 is 9.47 Å². The number of benzene rings is 2. The average Bonchev–Trinajstić information content (AvgIpc) is 3.21. The van der Waals surface area contributed by atoms with Gasteiger partial charge in [0.25, 0.3) is 0 Å². The smallest absolute Gasteiger partial charge is 0.219 e. The second-order valence-corrected chi connectivity index (χ2v) is 8.49. The van der Waals surface area contributed by atoms with Crippen molar-refractivity contribution in [3.05, 3.63) is 58.6 Å². The van der Waals surface area contributed by atoms with E-state index in [0.717, 1.165) is 34.8 Å². The van der Waals surface area contributed by atoms with Crippen LogP contribution in [0.15, 0.2) is 47.6 Å². The molecular formula is C23H24ClN3O3. The van der Waals surface area contributed by atoms with Crippen molar-refractivity contribution < 1.29 is 14.3 Å². The second-order valence-electron chi connectivity index (χ2n) is 8.05. The van der Waals surface area contributed by atoms with Crippen molar-refractivity contribution in [3.8, 4) is 11.5 Å². The molecule has 1 fully saturated rings. The molecule has 3 aliphatic rings. The number of piperidine rings is 1. The van der Waals surface area contributed by atoms with E-state index in [-0.39, 0.29) is 11.9 Å². The lowest BCUT2D eigenvalue weighted by atomic mass is 9.90. The van der Waals surface area contributed by atoms with E-state index in [4.69, 9.17) is 26.2 Å². The maximum absolute atomic E-state index is 11.9. The van der Waals surface area contributed by atoms with Crippen LogP contribution in [0.4, 0.5) is 0 Å². The predicted molar refractivity (Wildman–Crippen MR) is 115 cm³/mol. The highest BCUT2D eigenvalue weighted by atomic mass is 35.5. The molecule has 0 bridgehead atoms. The number of rotatable bonds is 2. The Hall–Kier alpha value is -2.73. The maximum atomic E-state index is 11.9. The molecular weight excluding hydrogens is 402 g/mol. The lowest BCUT2D eigenvalue weighted by Crippen LogP contribution is -2.59. The number of nitrogens with zero attached hydrogens (tertiary/aromatic N) is 3. The fourth-order valence-electron chi connectivity index (χ4n) is 4.75. The molecule has 1 spiro atoms. The third-order valence-corrected chi connectivity index (χ3v) is 6.63. The molecule has 3 aliphatic heterocycles. The zero-order chi connectivity index (χ0) is 20.9. The van der Waals surface area contributed by atoms with E-state index in [2.05, 4.69) is 11.1 Å². The molecule has 0 aliphatic carbocycles. The van der Waals surface area contributed by atoms with Crippen LogP contribution in [0.2, 0.25) is 5.02 Å². The first-order valence-electron chi connectivity index (χ1n) is 10.2. The molecule has 1 saturated heterocycles. The summed E-state index contributed by atoms with van der Waals surface area (Å²) in [6.07, 6.45) is 2.17. The number of carbonyl (C=O) groups is 1. The second kappa shape index (κ2) is 7.20. The van der Waals surface area contributed by atoms with Crippen molar-refractivity contribution in [3.63, 3.8) is 0 Å². The lowest BCUT2D eigenvalue weighted by molar-refractivity contribution is -0.159. The molecule has 0 N–H and O–H groups in total. The minimum Gasteiger partial charge on any atom is -0.493 e. The molecule has 5 rings (SSSR count). The quantitative estimate of drug-likeness (QED) is 0.722. The van der Waals surface area contributed by atoms with Gasteiger partial charge in [-0.1, -0.05) is 35.9 Å². The standard InChI is InChI=1S/C23H24ClN3O3/c1-15(28)26-12-10-23(11-13-26)27-20(18-4-3-5-21(29-2)22(18)30-23)14-19(25-27)16-6-8-17(24)9-7-16/h3-9,20H,10-14H2,1-2H3/t20-/m0/s1. The van der Waals surface area contributed by atoms with Crippen molar-refractivity contribution in [2.45, 2.75) is 38.0 Å². The topological polar surface area (TPSA) is 54.4 Å². The predicted octanol–water partition coefficient (Wildman–Crippen LogP) is 4.23. The highest BCUT2D eigenvalue weighted by Crippen LogP contribution is 2.52. The van der Waals surface area contributed by atoms with Crippen LogP contribution in [0.25, 0.3) is 0 Å². The molecule has 1 atom stereocenters. The van der Waals surface area contributed by atoms with E-state index in [1.165, 1.54) is 0 Å². The zero-order valence-corrected chi connectivity index (χ0v) is 17.9. The van der Waals surface area contributed by atoms with Crippen molar-refractivity contribution >= 4 is 23.2 Å². The van der Waals surface area contributed by atoms with E-state index in [9.17, 15) is 4.79 Å². The molecule has 0 radical (unpaired) electrons. The summed E-state index contributed by atoms with van der Waals surface area (Å²) in [7, 11) is 1.67. The zero-order valence-electron chi connectivity index (χ0n) is 17.1.